The van der Waals surface area contributed by atoms with Gasteiger partial charge in [-0.1, -0.05) is 23.2 Å². The molecule has 0 bridgehead atoms. The lowest BCUT2D eigenvalue weighted by Crippen LogP contribution is -2.12. The second kappa shape index (κ2) is 5.87. The van der Waals surface area contributed by atoms with Gasteiger partial charge in [-0.05, 0) is 24.3 Å². The predicted octanol–water partition coefficient (Wildman–Crippen LogP) is 3.45. The van der Waals surface area contributed by atoms with Crippen LogP contribution in [0.25, 0.3) is 0 Å². The number of hydrogen-bond acceptors (Lipinski definition) is 4. The summed E-state index contributed by atoms with van der Waals surface area (Å²) in [5.41, 5.74) is 5.38. The quantitative estimate of drug-likeness (QED) is 0.882. The fourth-order valence-electron chi connectivity index (χ4n) is 1.44. The van der Waals surface area contributed by atoms with E-state index >= 15 is 0 Å². The Morgan fingerprint density at radius 3 is 2.35 bits per heavy atom. The van der Waals surface area contributed by atoms with E-state index in [4.69, 9.17) is 28.9 Å². The normalized spacial score (nSPS) is 11.6. The molecule has 0 spiro atoms. The summed E-state index contributed by atoms with van der Waals surface area (Å²) in [6.07, 6.45) is 0. The van der Waals surface area contributed by atoms with Crippen LogP contribution in [0, 0.1) is 5.82 Å². The van der Waals surface area contributed by atoms with Gasteiger partial charge in [-0.25, -0.2) is 12.8 Å². The number of rotatable bonds is 4. The summed E-state index contributed by atoms with van der Waals surface area (Å²) in [7, 11) is -3.84. The van der Waals surface area contributed by atoms with E-state index in [1.807, 2.05) is 0 Å². The van der Waals surface area contributed by atoms with Crippen LogP contribution in [0.4, 0.5) is 10.1 Å². The fraction of sp³-hybridized carbons (Fsp3) is 0.0909. The van der Waals surface area contributed by atoms with E-state index in [-0.39, 0.29) is 26.5 Å². The first-order chi connectivity index (χ1) is 9.33. The molecule has 0 aliphatic carbocycles. The summed E-state index contributed by atoms with van der Waals surface area (Å²) in [5.74, 6) is -0.649. The third-order valence-electron chi connectivity index (χ3n) is 2.35. The van der Waals surface area contributed by atoms with Crippen LogP contribution in [-0.4, -0.2) is 8.42 Å². The third kappa shape index (κ3) is 3.24. The largest absolute Gasteiger partial charge is 0.326 e. The van der Waals surface area contributed by atoms with Crippen molar-refractivity contribution in [3.8, 4) is 0 Å². The Morgan fingerprint density at radius 1 is 1.25 bits per heavy atom. The van der Waals surface area contributed by atoms with Crippen LogP contribution in [0.5, 0.6) is 0 Å². The molecule has 4 nitrogen and oxygen atoms in total. The maximum atomic E-state index is 13.1. The average molecular weight is 355 g/mol. The molecule has 0 saturated heterocycles. The number of nitrogens with two attached hydrogens (primary N) is 1. The van der Waals surface area contributed by atoms with E-state index in [1.165, 1.54) is 6.07 Å². The molecule has 9 heteroatoms. The summed E-state index contributed by atoms with van der Waals surface area (Å²) in [5, 5.41) is -0.233. The molecule has 0 aliphatic rings. The molecule has 0 saturated carbocycles. The van der Waals surface area contributed by atoms with E-state index in [0.717, 1.165) is 28.3 Å². The summed E-state index contributed by atoms with van der Waals surface area (Å²) < 4.78 is 39.7. The average Bonchev–Trinajstić information content (AvgIpc) is 2.83. The smallest absolute Gasteiger partial charge is 0.271 e. The Balaban J connectivity index is 2.38. The molecule has 0 amide bonds. The first-order valence-electron chi connectivity index (χ1n) is 5.29. The summed E-state index contributed by atoms with van der Waals surface area (Å²) in [4.78, 5) is 0.724. The van der Waals surface area contributed by atoms with Gasteiger partial charge in [0.2, 0.25) is 0 Å². The van der Waals surface area contributed by atoms with Crippen molar-refractivity contribution < 1.29 is 12.8 Å². The van der Waals surface area contributed by atoms with Crippen molar-refractivity contribution >= 4 is 50.2 Å². The molecule has 20 heavy (non-hydrogen) atoms. The topological polar surface area (TPSA) is 72.2 Å². The minimum absolute atomic E-state index is 0.0579. The Hall–Kier alpha value is -0.860. The summed E-state index contributed by atoms with van der Waals surface area (Å²) >= 11 is 12.6. The minimum atomic E-state index is -3.84. The third-order valence-corrected chi connectivity index (χ3v) is 5.89. The van der Waals surface area contributed by atoms with Crippen molar-refractivity contribution in [1.29, 1.82) is 0 Å². The van der Waals surface area contributed by atoms with Crippen LogP contribution in [0.15, 0.2) is 28.5 Å². The van der Waals surface area contributed by atoms with Crippen LogP contribution >= 0.6 is 34.5 Å². The molecule has 0 fully saturated rings. The number of hydrogen-bond donors (Lipinski definition) is 2. The van der Waals surface area contributed by atoms with Crippen LogP contribution in [0.1, 0.15) is 4.88 Å². The molecule has 1 aromatic heterocycles. The van der Waals surface area contributed by atoms with E-state index in [9.17, 15) is 12.8 Å². The van der Waals surface area contributed by atoms with Gasteiger partial charge in [0.15, 0.2) is 0 Å². The van der Waals surface area contributed by atoms with E-state index in [1.54, 1.807) is 6.07 Å². The first kappa shape index (κ1) is 15.5. The van der Waals surface area contributed by atoms with Crippen LogP contribution in [0.2, 0.25) is 10.0 Å². The molecule has 0 unspecified atom stereocenters. The fourth-order valence-corrected chi connectivity index (χ4v) is 4.44. The monoisotopic (exact) mass is 354 g/mol. The van der Waals surface area contributed by atoms with Crippen molar-refractivity contribution in [2.45, 2.75) is 10.8 Å². The van der Waals surface area contributed by atoms with Gasteiger partial charge in [-0.15, -0.1) is 11.3 Å². The number of benzene rings is 1. The van der Waals surface area contributed by atoms with Gasteiger partial charge in [0, 0.05) is 11.4 Å². The van der Waals surface area contributed by atoms with Crippen molar-refractivity contribution in [2.24, 2.45) is 5.73 Å². The molecule has 1 aromatic carbocycles. The maximum Gasteiger partial charge on any atom is 0.271 e. The Bertz CT molecular complexity index is 724. The van der Waals surface area contributed by atoms with Gasteiger partial charge in [0.25, 0.3) is 10.0 Å². The highest BCUT2D eigenvalue weighted by Gasteiger charge is 2.20. The molecular weight excluding hydrogens is 346 g/mol. The number of nitrogens with one attached hydrogen (secondary N) is 1. The van der Waals surface area contributed by atoms with Crippen molar-refractivity contribution in [2.75, 3.05) is 4.72 Å². The highest BCUT2D eigenvalue weighted by molar-refractivity contribution is 7.94. The predicted molar refractivity (Wildman–Crippen MR) is 79.4 cm³/mol. The zero-order valence-corrected chi connectivity index (χ0v) is 13.0. The van der Waals surface area contributed by atoms with E-state index in [2.05, 4.69) is 4.72 Å². The maximum absolute atomic E-state index is 13.1. The van der Waals surface area contributed by atoms with Crippen LogP contribution in [0.3, 0.4) is 0 Å². The standard InChI is InChI=1S/C11H9Cl2FN2O2S2/c12-8-3-6(14)4-9(13)11(8)16-20(17,18)10-2-1-7(5-15)19-10/h1-4,16H,5,15H2. The molecule has 108 valence electrons. The van der Waals surface area contributed by atoms with Gasteiger partial charge in [-0.2, -0.15) is 0 Å². The Morgan fingerprint density at radius 2 is 1.85 bits per heavy atom. The van der Waals surface area contributed by atoms with Gasteiger partial charge in [0.05, 0.1) is 15.7 Å². The lowest BCUT2D eigenvalue weighted by molar-refractivity contribution is 0.603. The highest BCUT2D eigenvalue weighted by atomic mass is 35.5. The summed E-state index contributed by atoms with van der Waals surface area (Å²) in [6.45, 7) is 0.248. The number of thiophene rings is 1. The Kier molecular flexibility index (Phi) is 4.55. The first-order valence-corrected chi connectivity index (χ1v) is 8.35. The number of anilines is 1. The van der Waals surface area contributed by atoms with E-state index < -0.39 is 15.8 Å². The van der Waals surface area contributed by atoms with Gasteiger partial charge in [0.1, 0.15) is 10.0 Å². The minimum Gasteiger partial charge on any atom is -0.326 e. The molecule has 0 atom stereocenters. The van der Waals surface area contributed by atoms with Crippen LogP contribution in [-0.2, 0) is 16.6 Å². The zero-order valence-electron chi connectivity index (χ0n) is 9.86. The second-order valence-electron chi connectivity index (χ2n) is 3.77. The molecule has 1 heterocycles. The van der Waals surface area contributed by atoms with Crippen LogP contribution < -0.4 is 10.5 Å². The van der Waals surface area contributed by atoms with Gasteiger partial charge >= 0.3 is 0 Å². The number of halogens is 3. The molecule has 2 aromatic rings. The van der Waals surface area contributed by atoms with Crippen molar-refractivity contribution in [1.82, 2.24) is 0 Å². The molecule has 2 rings (SSSR count). The van der Waals surface area contributed by atoms with Crippen molar-refractivity contribution in [3.05, 3.63) is 45.0 Å². The zero-order chi connectivity index (χ0) is 14.9. The lowest BCUT2D eigenvalue weighted by atomic mass is 10.3. The SMILES string of the molecule is NCc1ccc(S(=O)(=O)Nc2c(Cl)cc(F)cc2Cl)s1. The van der Waals surface area contributed by atoms with Crippen molar-refractivity contribution in [3.63, 3.8) is 0 Å². The Labute approximate surface area is 129 Å². The molecular formula is C11H9Cl2FN2O2S2. The van der Waals surface area contributed by atoms with Gasteiger partial charge in [-0.3, -0.25) is 4.72 Å². The van der Waals surface area contributed by atoms with E-state index in [0.29, 0.717) is 0 Å². The lowest BCUT2D eigenvalue weighted by Gasteiger charge is -2.10. The molecule has 0 aliphatic heterocycles. The molecule has 0 radical (unpaired) electrons. The molecule has 3 N–H and O–H groups in total. The summed E-state index contributed by atoms with van der Waals surface area (Å²) in [6, 6.07) is 5.00. The van der Waals surface area contributed by atoms with Gasteiger partial charge < -0.3 is 5.73 Å². The second-order valence-corrected chi connectivity index (χ2v) is 7.67. The highest BCUT2D eigenvalue weighted by Crippen LogP contribution is 2.34. The number of sulfonamides is 1.